The third-order valence-corrected chi connectivity index (χ3v) is 3.52. The first-order valence-electron chi connectivity index (χ1n) is 6.65. The van der Waals surface area contributed by atoms with Gasteiger partial charge in [0, 0.05) is 32.7 Å². The highest BCUT2D eigenvalue weighted by Gasteiger charge is 2.25. The van der Waals surface area contributed by atoms with Crippen molar-refractivity contribution in [2.45, 2.75) is 6.04 Å². The van der Waals surface area contributed by atoms with E-state index in [1.165, 1.54) is 0 Å². The van der Waals surface area contributed by atoms with Gasteiger partial charge in [0.2, 0.25) is 5.91 Å². The van der Waals surface area contributed by atoms with E-state index >= 15 is 0 Å². The summed E-state index contributed by atoms with van der Waals surface area (Å²) in [5.41, 5.74) is 6.87. The Morgan fingerprint density at radius 2 is 1.80 bits per heavy atom. The van der Waals surface area contributed by atoms with Crippen LogP contribution >= 0.6 is 12.4 Å². The summed E-state index contributed by atoms with van der Waals surface area (Å²) in [5, 5.41) is 8.89. The lowest BCUT2D eigenvalue weighted by molar-refractivity contribution is -0.134. The maximum Gasteiger partial charge on any atom is 0.244 e. The number of hydrogen-bond acceptors (Lipinski definition) is 4. The molecule has 1 aliphatic rings. The molecule has 0 bridgehead atoms. The average Bonchev–Trinajstić information content (AvgIpc) is 2.48. The first kappa shape index (κ1) is 16.9. The van der Waals surface area contributed by atoms with Crippen molar-refractivity contribution < 1.29 is 9.90 Å². The fourth-order valence-electron chi connectivity index (χ4n) is 2.33. The third kappa shape index (κ3) is 4.18. The highest BCUT2D eigenvalue weighted by atomic mass is 35.5. The number of piperazine rings is 1. The Hall–Kier alpha value is -1.14. The molecule has 1 aliphatic heterocycles. The van der Waals surface area contributed by atoms with Crippen LogP contribution in [0.4, 0.5) is 0 Å². The lowest BCUT2D eigenvalue weighted by atomic mass is 10.1. The van der Waals surface area contributed by atoms with E-state index < -0.39 is 6.04 Å². The molecule has 1 amide bonds. The number of benzene rings is 1. The average molecular weight is 300 g/mol. The number of carbonyl (C=O) groups excluding carboxylic acids is 1. The number of hydrogen-bond donors (Lipinski definition) is 2. The predicted molar refractivity (Wildman–Crippen MR) is 80.7 cm³/mol. The number of aliphatic hydroxyl groups is 1. The summed E-state index contributed by atoms with van der Waals surface area (Å²) in [5.74, 6) is -0.0187. The molecule has 5 nitrogen and oxygen atoms in total. The topological polar surface area (TPSA) is 69.8 Å². The van der Waals surface area contributed by atoms with Crippen molar-refractivity contribution >= 4 is 18.3 Å². The molecular formula is C14H22ClN3O2. The summed E-state index contributed by atoms with van der Waals surface area (Å²) in [6.07, 6.45) is 0. The van der Waals surface area contributed by atoms with Crippen molar-refractivity contribution in [2.24, 2.45) is 5.73 Å². The Kier molecular flexibility index (Phi) is 6.95. The molecular weight excluding hydrogens is 278 g/mol. The molecule has 112 valence electrons. The summed E-state index contributed by atoms with van der Waals surface area (Å²) in [7, 11) is 0. The largest absolute Gasteiger partial charge is 0.395 e. The van der Waals surface area contributed by atoms with Crippen molar-refractivity contribution in [2.75, 3.05) is 39.3 Å². The maximum atomic E-state index is 12.3. The molecule has 0 radical (unpaired) electrons. The minimum Gasteiger partial charge on any atom is -0.395 e. The number of nitrogens with two attached hydrogens (primary N) is 1. The smallest absolute Gasteiger partial charge is 0.244 e. The standard InChI is InChI=1S/C14H21N3O2.ClH/c15-13(12-4-2-1-3-5-12)14(19)17-8-6-16(7-9-17)10-11-18;/h1-5,13,18H,6-11,15H2;1H. The Morgan fingerprint density at radius 3 is 2.35 bits per heavy atom. The van der Waals surface area contributed by atoms with Gasteiger partial charge in [-0.3, -0.25) is 9.69 Å². The molecule has 1 aromatic carbocycles. The molecule has 20 heavy (non-hydrogen) atoms. The van der Waals surface area contributed by atoms with E-state index in [4.69, 9.17) is 10.8 Å². The van der Waals surface area contributed by atoms with Crippen LogP contribution in [0.1, 0.15) is 11.6 Å². The number of nitrogens with zero attached hydrogens (tertiary/aromatic N) is 2. The van der Waals surface area contributed by atoms with Crippen LogP contribution in [0, 0.1) is 0 Å². The monoisotopic (exact) mass is 299 g/mol. The molecule has 0 aliphatic carbocycles. The van der Waals surface area contributed by atoms with Gasteiger partial charge in [-0.1, -0.05) is 30.3 Å². The quantitative estimate of drug-likeness (QED) is 0.836. The minimum atomic E-state index is -0.578. The molecule has 0 spiro atoms. The Morgan fingerprint density at radius 1 is 1.20 bits per heavy atom. The van der Waals surface area contributed by atoms with Crippen LogP contribution in [0.25, 0.3) is 0 Å². The second-order valence-corrected chi connectivity index (χ2v) is 4.78. The zero-order valence-electron chi connectivity index (χ0n) is 11.4. The first-order valence-corrected chi connectivity index (χ1v) is 6.65. The van der Waals surface area contributed by atoms with E-state index in [0.717, 1.165) is 18.7 Å². The van der Waals surface area contributed by atoms with E-state index in [1.54, 1.807) is 0 Å². The van der Waals surface area contributed by atoms with E-state index in [-0.39, 0.29) is 24.9 Å². The van der Waals surface area contributed by atoms with Crippen LogP contribution in [0.15, 0.2) is 30.3 Å². The Labute approximate surface area is 125 Å². The van der Waals surface area contributed by atoms with Crippen molar-refractivity contribution in [3.63, 3.8) is 0 Å². The minimum absolute atomic E-state index is 0. The molecule has 1 aromatic rings. The molecule has 1 saturated heterocycles. The molecule has 3 N–H and O–H groups in total. The summed E-state index contributed by atoms with van der Waals surface area (Å²) in [6.45, 7) is 3.80. The number of halogens is 1. The van der Waals surface area contributed by atoms with E-state index in [2.05, 4.69) is 4.90 Å². The van der Waals surface area contributed by atoms with Crippen LogP contribution in [-0.4, -0.2) is 60.1 Å². The van der Waals surface area contributed by atoms with Crippen molar-refractivity contribution in [3.8, 4) is 0 Å². The molecule has 0 aromatic heterocycles. The molecule has 1 unspecified atom stereocenters. The fraction of sp³-hybridized carbons (Fsp3) is 0.500. The number of β-amino-alcohol motifs (C(OH)–C–C–N with tert-alkyl or cyclic N) is 1. The molecule has 1 atom stereocenters. The fourth-order valence-corrected chi connectivity index (χ4v) is 2.33. The molecule has 6 heteroatoms. The van der Waals surface area contributed by atoms with Gasteiger partial charge in [0.05, 0.1) is 6.61 Å². The van der Waals surface area contributed by atoms with Crippen LogP contribution in [0.2, 0.25) is 0 Å². The van der Waals surface area contributed by atoms with Gasteiger partial charge in [0.15, 0.2) is 0 Å². The van der Waals surface area contributed by atoms with Gasteiger partial charge >= 0.3 is 0 Å². The zero-order valence-corrected chi connectivity index (χ0v) is 12.3. The van der Waals surface area contributed by atoms with Gasteiger partial charge in [0.1, 0.15) is 6.04 Å². The van der Waals surface area contributed by atoms with Crippen molar-refractivity contribution in [1.82, 2.24) is 9.80 Å². The van der Waals surface area contributed by atoms with Gasteiger partial charge < -0.3 is 15.7 Å². The van der Waals surface area contributed by atoms with E-state index in [1.807, 2.05) is 35.2 Å². The lowest BCUT2D eigenvalue weighted by Gasteiger charge is -2.35. The van der Waals surface area contributed by atoms with Gasteiger partial charge in [-0.2, -0.15) is 0 Å². The van der Waals surface area contributed by atoms with Crippen molar-refractivity contribution in [1.29, 1.82) is 0 Å². The number of rotatable bonds is 4. The number of aliphatic hydroxyl groups excluding tert-OH is 1. The summed E-state index contributed by atoms with van der Waals surface area (Å²) < 4.78 is 0. The second-order valence-electron chi connectivity index (χ2n) is 4.78. The zero-order chi connectivity index (χ0) is 13.7. The van der Waals surface area contributed by atoms with Gasteiger partial charge in [-0.05, 0) is 5.56 Å². The Balaban J connectivity index is 0.00000200. The number of amides is 1. The maximum absolute atomic E-state index is 12.3. The van der Waals surface area contributed by atoms with Crippen LogP contribution in [0.5, 0.6) is 0 Å². The van der Waals surface area contributed by atoms with Crippen LogP contribution in [-0.2, 0) is 4.79 Å². The highest BCUT2D eigenvalue weighted by Crippen LogP contribution is 2.14. The van der Waals surface area contributed by atoms with Gasteiger partial charge in [-0.25, -0.2) is 0 Å². The molecule has 1 fully saturated rings. The van der Waals surface area contributed by atoms with E-state index in [9.17, 15) is 4.79 Å². The number of carbonyl (C=O) groups is 1. The first-order chi connectivity index (χ1) is 9.22. The van der Waals surface area contributed by atoms with Gasteiger partial charge in [0.25, 0.3) is 0 Å². The second kappa shape index (κ2) is 8.21. The SMILES string of the molecule is Cl.NC(C(=O)N1CCN(CCO)CC1)c1ccccc1. The summed E-state index contributed by atoms with van der Waals surface area (Å²) in [6, 6.07) is 8.87. The Bertz CT molecular complexity index is 408. The van der Waals surface area contributed by atoms with Crippen molar-refractivity contribution in [3.05, 3.63) is 35.9 Å². The molecule has 1 heterocycles. The summed E-state index contributed by atoms with van der Waals surface area (Å²) in [4.78, 5) is 16.3. The van der Waals surface area contributed by atoms with Crippen LogP contribution in [0.3, 0.4) is 0 Å². The lowest BCUT2D eigenvalue weighted by Crippen LogP contribution is -2.51. The molecule has 0 saturated carbocycles. The van der Waals surface area contributed by atoms with Gasteiger partial charge in [-0.15, -0.1) is 12.4 Å². The normalized spacial score (nSPS) is 17.4. The van der Waals surface area contributed by atoms with Crippen LogP contribution < -0.4 is 5.73 Å². The van der Waals surface area contributed by atoms with E-state index in [0.29, 0.717) is 19.6 Å². The predicted octanol–water partition coefficient (Wildman–Crippen LogP) is 0.245. The highest BCUT2D eigenvalue weighted by molar-refractivity contribution is 5.85. The summed E-state index contributed by atoms with van der Waals surface area (Å²) >= 11 is 0. The third-order valence-electron chi connectivity index (χ3n) is 3.52. The molecule has 2 rings (SSSR count).